The number of methoxy groups -OCH3 is 2. The first-order valence-electron chi connectivity index (χ1n) is 7.73. The van der Waals surface area contributed by atoms with E-state index in [2.05, 4.69) is 0 Å². The van der Waals surface area contributed by atoms with Crippen molar-refractivity contribution in [2.75, 3.05) is 20.8 Å². The van der Waals surface area contributed by atoms with Crippen LogP contribution >= 0.6 is 0 Å². The summed E-state index contributed by atoms with van der Waals surface area (Å²) in [7, 11) is 3.18. The van der Waals surface area contributed by atoms with E-state index in [1.165, 1.54) is 4.90 Å². The smallest absolute Gasteiger partial charge is 0.261 e. The first-order valence-corrected chi connectivity index (χ1v) is 7.73. The lowest BCUT2D eigenvalue weighted by Gasteiger charge is -2.16. The van der Waals surface area contributed by atoms with Gasteiger partial charge in [0.2, 0.25) is 0 Å². The van der Waals surface area contributed by atoms with E-state index in [0.717, 1.165) is 11.1 Å². The molecule has 0 atom stereocenters. The Bertz CT molecular complexity index is 778. The van der Waals surface area contributed by atoms with E-state index in [1.54, 1.807) is 38.5 Å². The minimum Gasteiger partial charge on any atom is -0.493 e. The predicted octanol–water partition coefficient (Wildman–Crippen LogP) is 2.85. The number of amides is 2. The number of rotatable bonds is 5. The number of ether oxygens (including phenoxy) is 2. The fourth-order valence-electron chi connectivity index (χ4n) is 2.97. The van der Waals surface area contributed by atoms with Crippen molar-refractivity contribution in [1.82, 2.24) is 4.90 Å². The Labute approximate surface area is 140 Å². The van der Waals surface area contributed by atoms with Crippen molar-refractivity contribution in [3.8, 4) is 11.5 Å². The summed E-state index contributed by atoms with van der Waals surface area (Å²) in [5.41, 5.74) is 3.01. The summed E-state index contributed by atoms with van der Waals surface area (Å²) in [6.07, 6.45) is 0.567. The quantitative estimate of drug-likeness (QED) is 0.793. The molecule has 2 aromatic rings. The number of hydrogen-bond donors (Lipinski definition) is 0. The lowest BCUT2D eigenvalue weighted by molar-refractivity contribution is 0.0656. The standard InChI is InChI=1S/C19H19NO4/c1-12-10-16(23-2)17(24-3)11-13(12)8-9-20-18(21)14-6-4-5-7-15(14)19(20)22/h4-7,10-11H,8-9H2,1-3H3. The Kier molecular flexibility index (Phi) is 4.25. The van der Waals surface area contributed by atoms with E-state index in [0.29, 0.717) is 35.6 Å². The maximum atomic E-state index is 12.4. The van der Waals surface area contributed by atoms with Crippen molar-refractivity contribution in [1.29, 1.82) is 0 Å². The van der Waals surface area contributed by atoms with E-state index in [4.69, 9.17) is 9.47 Å². The summed E-state index contributed by atoms with van der Waals surface area (Å²) in [4.78, 5) is 26.1. The van der Waals surface area contributed by atoms with E-state index in [9.17, 15) is 9.59 Å². The molecule has 0 N–H and O–H groups in total. The molecule has 0 bridgehead atoms. The number of imide groups is 1. The van der Waals surface area contributed by atoms with Crippen LogP contribution in [-0.4, -0.2) is 37.5 Å². The van der Waals surface area contributed by atoms with E-state index < -0.39 is 0 Å². The van der Waals surface area contributed by atoms with E-state index >= 15 is 0 Å². The van der Waals surface area contributed by atoms with Gasteiger partial charge in [-0.05, 0) is 48.7 Å². The van der Waals surface area contributed by atoms with Gasteiger partial charge in [-0.15, -0.1) is 0 Å². The third kappa shape index (κ3) is 2.62. The van der Waals surface area contributed by atoms with E-state index in [1.807, 2.05) is 19.1 Å². The zero-order chi connectivity index (χ0) is 17.3. The molecule has 5 nitrogen and oxygen atoms in total. The summed E-state index contributed by atoms with van der Waals surface area (Å²) in [6, 6.07) is 10.7. The highest BCUT2D eigenvalue weighted by atomic mass is 16.5. The van der Waals surface area contributed by atoms with Gasteiger partial charge in [0, 0.05) is 6.54 Å². The van der Waals surface area contributed by atoms with Crippen LogP contribution in [0.1, 0.15) is 31.8 Å². The zero-order valence-electron chi connectivity index (χ0n) is 14.0. The third-order valence-corrected chi connectivity index (χ3v) is 4.33. The van der Waals surface area contributed by atoms with Crippen LogP contribution in [0.3, 0.4) is 0 Å². The number of benzene rings is 2. The van der Waals surface area contributed by atoms with Gasteiger partial charge in [-0.3, -0.25) is 14.5 Å². The van der Waals surface area contributed by atoms with Crippen LogP contribution in [0.5, 0.6) is 11.5 Å². The Balaban J connectivity index is 1.80. The van der Waals surface area contributed by atoms with Crippen LogP contribution in [-0.2, 0) is 6.42 Å². The maximum absolute atomic E-state index is 12.4. The molecule has 0 aliphatic carbocycles. The summed E-state index contributed by atoms with van der Waals surface area (Å²) in [5, 5.41) is 0. The van der Waals surface area contributed by atoms with Crippen LogP contribution in [0.4, 0.5) is 0 Å². The molecule has 0 spiro atoms. The number of nitrogens with zero attached hydrogens (tertiary/aromatic N) is 1. The fourth-order valence-corrected chi connectivity index (χ4v) is 2.97. The first kappa shape index (κ1) is 16.1. The molecule has 0 saturated carbocycles. The molecule has 0 aromatic heterocycles. The summed E-state index contributed by atoms with van der Waals surface area (Å²) < 4.78 is 10.6. The monoisotopic (exact) mass is 325 g/mol. The van der Waals surface area contributed by atoms with Crippen LogP contribution in [0.15, 0.2) is 36.4 Å². The minimum atomic E-state index is -0.228. The highest BCUT2D eigenvalue weighted by Gasteiger charge is 2.34. The molecule has 0 fully saturated rings. The highest BCUT2D eigenvalue weighted by Crippen LogP contribution is 2.31. The molecule has 3 rings (SSSR count). The topological polar surface area (TPSA) is 55.8 Å². The van der Waals surface area contributed by atoms with Crippen molar-refractivity contribution in [2.24, 2.45) is 0 Å². The molecule has 1 heterocycles. The van der Waals surface area contributed by atoms with Gasteiger partial charge in [0.05, 0.1) is 25.3 Å². The summed E-state index contributed by atoms with van der Waals surface area (Å²) in [6.45, 7) is 2.31. The highest BCUT2D eigenvalue weighted by molar-refractivity contribution is 6.21. The molecule has 0 radical (unpaired) electrons. The fraction of sp³-hybridized carbons (Fsp3) is 0.263. The molecule has 0 unspecified atom stereocenters. The largest absolute Gasteiger partial charge is 0.493 e. The third-order valence-electron chi connectivity index (χ3n) is 4.33. The Morgan fingerprint density at radius 3 is 2.00 bits per heavy atom. The molecule has 124 valence electrons. The lowest BCUT2D eigenvalue weighted by atomic mass is 10.0. The summed E-state index contributed by atoms with van der Waals surface area (Å²) in [5.74, 6) is 0.849. The number of hydrogen-bond acceptors (Lipinski definition) is 4. The van der Waals surface area contributed by atoms with Gasteiger partial charge in [-0.1, -0.05) is 12.1 Å². The van der Waals surface area contributed by atoms with Gasteiger partial charge in [0.25, 0.3) is 11.8 Å². The van der Waals surface area contributed by atoms with Crippen LogP contribution < -0.4 is 9.47 Å². The number of fused-ring (bicyclic) bond motifs is 1. The normalized spacial score (nSPS) is 13.2. The molecule has 2 amide bonds. The zero-order valence-corrected chi connectivity index (χ0v) is 14.0. The van der Waals surface area contributed by atoms with Gasteiger partial charge in [-0.25, -0.2) is 0 Å². The number of aryl methyl sites for hydroxylation is 1. The van der Waals surface area contributed by atoms with Gasteiger partial charge in [-0.2, -0.15) is 0 Å². The molecule has 2 aromatic carbocycles. The average Bonchev–Trinajstić information content (AvgIpc) is 2.85. The molecule has 0 saturated heterocycles. The SMILES string of the molecule is COc1cc(C)c(CCN2C(=O)c3ccccc3C2=O)cc1OC. The van der Waals surface area contributed by atoms with E-state index in [-0.39, 0.29) is 11.8 Å². The minimum absolute atomic E-state index is 0.228. The van der Waals surface area contributed by atoms with Gasteiger partial charge < -0.3 is 9.47 Å². The van der Waals surface area contributed by atoms with Crippen LogP contribution in [0.25, 0.3) is 0 Å². The molecule has 5 heteroatoms. The molecular weight excluding hydrogens is 306 g/mol. The van der Waals surface area contributed by atoms with Gasteiger partial charge in [0.15, 0.2) is 11.5 Å². The van der Waals surface area contributed by atoms with Gasteiger partial charge in [0.1, 0.15) is 0 Å². The van der Waals surface area contributed by atoms with Crippen LogP contribution in [0, 0.1) is 6.92 Å². The van der Waals surface area contributed by atoms with Crippen molar-refractivity contribution in [2.45, 2.75) is 13.3 Å². The average molecular weight is 325 g/mol. The number of carbonyl (C=O) groups is 2. The molecule has 24 heavy (non-hydrogen) atoms. The van der Waals surface area contributed by atoms with Crippen molar-refractivity contribution >= 4 is 11.8 Å². The second-order valence-electron chi connectivity index (χ2n) is 5.69. The Hall–Kier alpha value is -2.82. The lowest BCUT2D eigenvalue weighted by Crippen LogP contribution is -2.31. The second-order valence-corrected chi connectivity index (χ2v) is 5.69. The molecule has 1 aliphatic heterocycles. The van der Waals surface area contributed by atoms with Crippen LogP contribution in [0.2, 0.25) is 0 Å². The predicted molar refractivity (Wildman–Crippen MR) is 89.8 cm³/mol. The van der Waals surface area contributed by atoms with Gasteiger partial charge >= 0.3 is 0 Å². The second kappa shape index (κ2) is 6.35. The van der Waals surface area contributed by atoms with Crippen molar-refractivity contribution in [3.63, 3.8) is 0 Å². The first-order chi connectivity index (χ1) is 11.6. The maximum Gasteiger partial charge on any atom is 0.261 e. The van der Waals surface area contributed by atoms with Crippen molar-refractivity contribution in [3.05, 3.63) is 58.7 Å². The molecular formula is C19H19NO4. The summed E-state index contributed by atoms with van der Waals surface area (Å²) >= 11 is 0. The van der Waals surface area contributed by atoms with Crippen molar-refractivity contribution < 1.29 is 19.1 Å². The molecule has 1 aliphatic rings. The Morgan fingerprint density at radius 1 is 0.917 bits per heavy atom. The number of carbonyl (C=O) groups excluding carboxylic acids is 2. The Morgan fingerprint density at radius 2 is 1.46 bits per heavy atom.